The zero-order chi connectivity index (χ0) is 16.3. The van der Waals surface area contributed by atoms with E-state index >= 15 is 0 Å². The molecule has 2 rings (SSSR count). The van der Waals surface area contributed by atoms with Crippen LogP contribution in [-0.2, 0) is 17.7 Å². The van der Waals surface area contributed by atoms with Gasteiger partial charge in [0.25, 0.3) is 0 Å². The van der Waals surface area contributed by atoms with E-state index in [2.05, 4.69) is 5.32 Å². The molecule has 0 aromatic heterocycles. The van der Waals surface area contributed by atoms with Crippen molar-refractivity contribution in [1.29, 1.82) is 0 Å². The third-order valence-corrected chi connectivity index (χ3v) is 4.15. The summed E-state index contributed by atoms with van der Waals surface area (Å²) < 4.78 is 16.1. The number of nitrogens with one attached hydrogen (secondary N) is 1. The van der Waals surface area contributed by atoms with Crippen LogP contribution in [0.15, 0.2) is 6.07 Å². The van der Waals surface area contributed by atoms with Gasteiger partial charge >= 0.3 is 6.09 Å². The molecule has 1 aliphatic rings. The van der Waals surface area contributed by atoms with Crippen molar-refractivity contribution in [2.45, 2.75) is 25.9 Å². The summed E-state index contributed by atoms with van der Waals surface area (Å²) in [6, 6.07) is 1.86. The lowest BCUT2D eigenvalue weighted by Crippen LogP contribution is -2.39. The Hall–Kier alpha value is -1.95. The predicted octanol–water partition coefficient (Wildman–Crippen LogP) is 2.11. The highest BCUT2D eigenvalue weighted by atomic mass is 16.5. The molecule has 0 fully saturated rings. The second-order valence-corrected chi connectivity index (χ2v) is 5.28. The van der Waals surface area contributed by atoms with Gasteiger partial charge in [-0.15, -0.1) is 0 Å². The van der Waals surface area contributed by atoms with E-state index in [0.717, 1.165) is 28.2 Å². The van der Waals surface area contributed by atoms with E-state index < -0.39 is 0 Å². The zero-order valence-corrected chi connectivity index (χ0v) is 13.9. The Kier molecular flexibility index (Phi) is 5.13. The maximum absolute atomic E-state index is 11.9. The average Bonchev–Trinajstić information content (AvgIpc) is 2.53. The molecule has 0 saturated carbocycles. The number of ether oxygens (including phenoxy) is 3. The molecule has 1 heterocycles. The summed E-state index contributed by atoms with van der Waals surface area (Å²) in [4.78, 5) is 13.6. The Morgan fingerprint density at radius 3 is 2.64 bits per heavy atom. The van der Waals surface area contributed by atoms with Crippen LogP contribution in [0.2, 0.25) is 0 Å². The number of carbonyl (C=O) groups is 1. The smallest absolute Gasteiger partial charge is 0.409 e. The predicted molar refractivity (Wildman–Crippen MR) is 83.5 cm³/mol. The number of benzene rings is 1. The first-order valence-corrected chi connectivity index (χ1v) is 7.34. The van der Waals surface area contributed by atoms with Crippen LogP contribution in [0, 0.1) is 0 Å². The molecule has 0 saturated heterocycles. The van der Waals surface area contributed by atoms with Gasteiger partial charge in [-0.1, -0.05) is 0 Å². The average molecular weight is 308 g/mol. The van der Waals surface area contributed by atoms with E-state index in [1.54, 1.807) is 19.1 Å². The Morgan fingerprint density at radius 1 is 1.36 bits per heavy atom. The first-order valence-electron chi connectivity index (χ1n) is 7.34. The highest BCUT2D eigenvalue weighted by Gasteiger charge is 2.33. The fraction of sp³-hybridized carbons (Fsp3) is 0.562. The van der Waals surface area contributed by atoms with Crippen molar-refractivity contribution in [3.05, 3.63) is 22.8 Å². The van der Waals surface area contributed by atoms with Gasteiger partial charge in [-0.2, -0.15) is 0 Å². The topological polar surface area (TPSA) is 60.0 Å². The molecule has 0 bridgehead atoms. The van der Waals surface area contributed by atoms with Gasteiger partial charge in [0.1, 0.15) is 11.5 Å². The Balaban J connectivity index is 2.56. The highest BCUT2D eigenvalue weighted by Crippen LogP contribution is 2.43. The van der Waals surface area contributed by atoms with Gasteiger partial charge in [0.15, 0.2) is 0 Å². The molecule has 22 heavy (non-hydrogen) atoms. The number of methoxy groups -OCH3 is 3. The maximum atomic E-state index is 11.9. The minimum Gasteiger partial charge on any atom is -0.496 e. The molecule has 1 N–H and O–H groups in total. The van der Waals surface area contributed by atoms with Gasteiger partial charge in [-0.3, -0.25) is 0 Å². The lowest BCUT2D eigenvalue weighted by Gasteiger charge is -2.36. The molecule has 122 valence electrons. The highest BCUT2D eigenvalue weighted by molar-refractivity contribution is 5.70. The number of hydrogen-bond acceptors (Lipinski definition) is 5. The SMILES string of the molecule is CNCc1cc(OC)c2c(c1OC)CCN(C(=O)OC)C2C. The first kappa shape index (κ1) is 16.4. The van der Waals surface area contributed by atoms with E-state index in [1.165, 1.54) is 7.11 Å². The van der Waals surface area contributed by atoms with Crippen molar-refractivity contribution in [2.24, 2.45) is 0 Å². The molecule has 1 unspecified atom stereocenters. The second kappa shape index (κ2) is 6.87. The van der Waals surface area contributed by atoms with Crippen LogP contribution in [0.4, 0.5) is 4.79 Å². The summed E-state index contributed by atoms with van der Waals surface area (Å²) in [5.41, 5.74) is 3.16. The maximum Gasteiger partial charge on any atom is 0.409 e. The van der Waals surface area contributed by atoms with Crippen LogP contribution in [-0.4, -0.2) is 45.9 Å². The van der Waals surface area contributed by atoms with Crippen molar-refractivity contribution >= 4 is 6.09 Å². The van der Waals surface area contributed by atoms with E-state index in [1.807, 2.05) is 20.0 Å². The van der Waals surface area contributed by atoms with Crippen LogP contribution in [0.1, 0.15) is 29.7 Å². The molecule has 6 heteroatoms. The van der Waals surface area contributed by atoms with Gasteiger partial charge < -0.3 is 24.4 Å². The van der Waals surface area contributed by atoms with E-state index in [-0.39, 0.29) is 12.1 Å². The summed E-state index contributed by atoms with van der Waals surface area (Å²) in [5.74, 6) is 1.66. The fourth-order valence-electron chi connectivity index (χ4n) is 3.17. The van der Waals surface area contributed by atoms with Gasteiger partial charge in [-0.05, 0) is 26.5 Å². The molecule has 0 spiro atoms. The summed E-state index contributed by atoms with van der Waals surface area (Å²) in [7, 11) is 6.62. The van der Waals surface area contributed by atoms with E-state index in [0.29, 0.717) is 19.5 Å². The van der Waals surface area contributed by atoms with E-state index in [4.69, 9.17) is 14.2 Å². The van der Waals surface area contributed by atoms with Crippen LogP contribution in [0.3, 0.4) is 0 Å². The summed E-state index contributed by atoms with van der Waals surface area (Å²) in [6.07, 6.45) is 0.393. The summed E-state index contributed by atoms with van der Waals surface area (Å²) >= 11 is 0. The zero-order valence-electron chi connectivity index (χ0n) is 13.9. The largest absolute Gasteiger partial charge is 0.496 e. The summed E-state index contributed by atoms with van der Waals surface area (Å²) in [5, 5.41) is 3.14. The molecule has 1 atom stereocenters. The summed E-state index contributed by atoms with van der Waals surface area (Å²) in [6.45, 7) is 3.28. The number of fused-ring (bicyclic) bond motifs is 1. The molecule has 1 aromatic rings. The van der Waals surface area contributed by atoms with Crippen LogP contribution in [0.25, 0.3) is 0 Å². The molecule has 1 aromatic carbocycles. The molecule has 6 nitrogen and oxygen atoms in total. The Bertz CT molecular complexity index is 560. The number of rotatable bonds is 4. The lowest BCUT2D eigenvalue weighted by atomic mass is 9.89. The normalized spacial score (nSPS) is 17.0. The molecular formula is C16H24N2O4. The van der Waals surface area contributed by atoms with Crippen molar-refractivity contribution in [2.75, 3.05) is 34.9 Å². The number of nitrogens with zero attached hydrogens (tertiary/aromatic N) is 1. The molecule has 1 amide bonds. The molecule has 1 aliphatic heterocycles. The third kappa shape index (κ3) is 2.70. The minimum atomic E-state index is -0.321. The van der Waals surface area contributed by atoms with Crippen molar-refractivity contribution in [3.63, 3.8) is 0 Å². The van der Waals surface area contributed by atoms with Gasteiger partial charge in [-0.25, -0.2) is 4.79 Å². The van der Waals surface area contributed by atoms with E-state index in [9.17, 15) is 4.79 Å². The van der Waals surface area contributed by atoms with Crippen molar-refractivity contribution in [3.8, 4) is 11.5 Å². The second-order valence-electron chi connectivity index (χ2n) is 5.28. The van der Waals surface area contributed by atoms with Crippen molar-refractivity contribution < 1.29 is 19.0 Å². The third-order valence-electron chi connectivity index (χ3n) is 4.15. The number of carbonyl (C=O) groups excluding carboxylic acids is 1. The number of hydrogen-bond donors (Lipinski definition) is 1. The van der Waals surface area contributed by atoms with Crippen LogP contribution in [0.5, 0.6) is 11.5 Å². The standard InChI is InChI=1S/C16H24N2O4/c1-10-14-12(6-7-18(10)16(19)22-5)15(21-4)11(9-17-2)8-13(14)20-3/h8,10,17H,6-7,9H2,1-5H3. The lowest BCUT2D eigenvalue weighted by molar-refractivity contribution is 0.104. The van der Waals surface area contributed by atoms with Gasteiger partial charge in [0, 0.05) is 29.8 Å². The monoisotopic (exact) mass is 308 g/mol. The fourth-order valence-corrected chi connectivity index (χ4v) is 3.17. The van der Waals surface area contributed by atoms with Crippen LogP contribution >= 0.6 is 0 Å². The van der Waals surface area contributed by atoms with Gasteiger partial charge in [0.2, 0.25) is 0 Å². The molecule has 0 aliphatic carbocycles. The van der Waals surface area contributed by atoms with Gasteiger partial charge in [0.05, 0.1) is 27.4 Å². The van der Waals surface area contributed by atoms with Crippen molar-refractivity contribution in [1.82, 2.24) is 10.2 Å². The number of amides is 1. The Morgan fingerprint density at radius 2 is 2.09 bits per heavy atom. The Labute approximate surface area is 131 Å². The molecule has 0 radical (unpaired) electrons. The minimum absolute atomic E-state index is 0.122. The quantitative estimate of drug-likeness (QED) is 0.923. The van der Waals surface area contributed by atoms with Crippen LogP contribution < -0.4 is 14.8 Å². The first-order chi connectivity index (χ1) is 10.6. The molecular weight excluding hydrogens is 284 g/mol.